The summed E-state index contributed by atoms with van der Waals surface area (Å²) in [5.74, 6) is 1.01. The molecule has 2 bridgehead atoms. The van der Waals surface area contributed by atoms with Gasteiger partial charge in [0.1, 0.15) is 16.9 Å². The first-order chi connectivity index (χ1) is 10.2. The van der Waals surface area contributed by atoms with E-state index in [1.807, 2.05) is 6.07 Å². The predicted octanol–water partition coefficient (Wildman–Crippen LogP) is 4.13. The number of hydrogen-bond donors (Lipinski definition) is 0. The number of ketones is 1. The van der Waals surface area contributed by atoms with Crippen molar-refractivity contribution in [3.05, 3.63) is 41.6 Å². The van der Waals surface area contributed by atoms with Crippen molar-refractivity contribution in [2.75, 3.05) is 21.1 Å². The number of hydrogen-bond acceptors (Lipinski definition) is 1. The van der Waals surface area contributed by atoms with E-state index in [-0.39, 0.29) is 10.8 Å². The molecular weight excluding hydrogens is 270 g/mol. The maximum atomic E-state index is 13.0. The molecule has 2 aliphatic rings. The number of allylic oxidation sites excluding steroid dienone is 1. The highest BCUT2D eigenvalue weighted by molar-refractivity contribution is 5.93. The summed E-state index contributed by atoms with van der Waals surface area (Å²) >= 11 is 0. The highest BCUT2D eigenvalue weighted by atomic mass is 16.1. The lowest BCUT2D eigenvalue weighted by Crippen LogP contribution is -2.49. The van der Waals surface area contributed by atoms with E-state index in [1.165, 1.54) is 17.7 Å². The lowest BCUT2D eigenvalue weighted by Gasteiger charge is -2.43. The molecule has 2 nitrogen and oxygen atoms in total. The van der Waals surface area contributed by atoms with E-state index in [2.05, 4.69) is 65.3 Å². The van der Waals surface area contributed by atoms with Crippen LogP contribution in [0.1, 0.15) is 38.7 Å². The number of Topliss-reactive ketones (excluding diaryl/α,β-unsaturated/α-hetero) is 1. The van der Waals surface area contributed by atoms with Gasteiger partial charge in [-0.2, -0.15) is 0 Å². The van der Waals surface area contributed by atoms with Gasteiger partial charge in [-0.1, -0.05) is 44.2 Å². The van der Waals surface area contributed by atoms with Crippen LogP contribution in [0.5, 0.6) is 0 Å². The van der Waals surface area contributed by atoms with Crippen LogP contribution in [0.2, 0.25) is 0 Å². The minimum Gasteiger partial charge on any atom is -0.301 e. The fraction of sp³-hybridized carbons (Fsp3) is 0.550. The maximum Gasteiger partial charge on any atom is 0.149 e. The quantitative estimate of drug-likeness (QED) is 0.767. The molecule has 2 atom stereocenters. The number of nitrogens with zero attached hydrogens (tertiary/aromatic N) is 1. The molecule has 2 aliphatic carbocycles. The number of quaternary nitrogens is 1. The van der Waals surface area contributed by atoms with E-state index in [4.69, 9.17) is 0 Å². The molecule has 0 N–H and O–H groups in total. The van der Waals surface area contributed by atoms with E-state index in [0.717, 1.165) is 17.3 Å². The summed E-state index contributed by atoms with van der Waals surface area (Å²) in [6.45, 7) is 4.62. The summed E-state index contributed by atoms with van der Waals surface area (Å²) < 4.78 is 0.719. The largest absolute Gasteiger partial charge is 0.301 e. The third-order valence-electron chi connectivity index (χ3n) is 6.16. The van der Waals surface area contributed by atoms with E-state index in [9.17, 15) is 4.79 Å². The Morgan fingerprint density at radius 1 is 1.18 bits per heavy atom. The molecule has 118 valence electrons. The fourth-order valence-electron chi connectivity index (χ4n) is 4.87. The Bertz CT molecular complexity index is 621. The molecule has 0 amide bonds. The number of rotatable bonds is 3. The normalized spacial score (nSPS) is 30.9. The van der Waals surface area contributed by atoms with Crippen molar-refractivity contribution in [2.45, 2.75) is 33.1 Å². The molecule has 3 rings (SSSR count). The Labute approximate surface area is 134 Å². The van der Waals surface area contributed by atoms with Gasteiger partial charge in [-0.05, 0) is 29.7 Å². The second-order valence-electron chi connectivity index (χ2n) is 8.44. The topological polar surface area (TPSA) is 17.1 Å². The van der Waals surface area contributed by atoms with E-state index in [0.29, 0.717) is 11.7 Å². The average molecular weight is 298 g/mol. The minimum absolute atomic E-state index is 0.0657. The molecule has 2 fully saturated rings. The third kappa shape index (κ3) is 2.00. The summed E-state index contributed by atoms with van der Waals surface area (Å²) in [7, 11) is 6.58. The molecule has 2 saturated carbocycles. The second-order valence-corrected chi connectivity index (χ2v) is 8.44. The van der Waals surface area contributed by atoms with Gasteiger partial charge >= 0.3 is 0 Å². The summed E-state index contributed by atoms with van der Waals surface area (Å²) in [4.78, 5) is 13.0. The monoisotopic (exact) mass is 298 g/mol. The molecule has 0 saturated heterocycles. The smallest absolute Gasteiger partial charge is 0.149 e. The van der Waals surface area contributed by atoms with Gasteiger partial charge in [0, 0.05) is 12.5 Å². The van der Waals surface area contributed by atoms with Gasteiger partial charge in [0.2, 0.25) is 0 Å². The summed E-state index contributed by atoms with van der Waals surface area (Å²) in [5, 5.41) is 0. The van der Waals surface area contributed by atoms with Gasteiger partial charge in [0.15, 0.2) is 0 Å². The minimum atomic E-state index is -0.286. The lowest BCUT2D eigenvalue weighted by molar-refractivity contribution is -0.836. The van der Waals surface area contributed by atoms with Gasteiger partial charge in [-0.3, -0.25) is 4.79 Å². The van der Waals surface area contributed by atoms with Crippen molar-refractivity contribution in [1.29, 1.82) is 0 Å². The van der Waals surface area contributed by atoms with Gasteiger partial charge in [0.25, 0.3) is 0 Å². The van der Waals surface area contributed by atoms with Crippen molar-refractivity contribution in [2.24, 2.45) is 16.7 Å². The number of carbonyl (C=O) groups is 1. The molecule has 0 aromatic heterocycles. The average Bonchev–Trinajstić information content (AvgIpc) is 2.79. The van der Waals surface area contributed by atoms with Crippen LogP contribution >= 0.6 is 0 Å². The van der Waals surface area contributed by atoms with Gasteiger partial charge in [0.05, 0.1) is 21.1 Å². The number of benzene rings is 1. The molecule has 2 heteroatoms. The maximum absolute atomic E-state index is 13.0. The zero-order chi connectivity index (χ0) is 16.2. The van der Waals surface area contributed by atoms with Crippen molar-refractivity contribution in [3.8, 4) is 0 Å². The predicted molar refractivity (Wildman–Crippen MR) is 91.0 cm³/mol. The number of carbonyl (C=O) groups excluding carboxylic acids is 1. The zero-order valence-electron chi connectivity index (χ0n) is 14.5. The molecule has 0 aliphatic heterocycles. The van der Waals surface area contributed by atoms with Gasteiger partial charge in [-0.25, -0.2) is 0 Å². The summed E-state index contributed by atoms with van der Waals surface area (Å²) in [5.41, 5.74) is 2.25. The number of fused-ring (bicyclic) bond motifs is 2. The zero-order valence-corrected chi connectivity index (χ0v) is 14.5. The van der Waals surface area contributed by atoms with Gasteiger partial charge < -0.3 is 4.48 Å². The van der Waals surface area contributed by atoms with Crippen LogP contribution in [0.4, 0.5) is 0 Å². The van der Waals surface area contributed by atoms with Crippen LogP contribution in [0.15, 0.2) is 36.0 Å². The van der Waals surface area contributed by atoms with Crippen LogP contribution in [-0.2, 0) is 4.79 Å². The Hall–Kier alpha value is -1.41. The van der Waals surface area contributed by atoms with E-state index in [1.54, 1.807) is 0 Å². The Balaban J connectivity index is 2.19. The Kier molecular flexibility index (Phi) is 3.37. The molecule has 0 radical (unpaired) electrons. The van der Waals surface area contributed by atoms with Crippen LogP contribution in [-0.4, -0.2) is 31.4 Å². The van der Waals surface area contributed by atoms with Crippen LogP contribution in [0, 0.1) is 16.7 Å². The molecule has 1 aromatic rings. The first-order valence-electron chi connectivity index (χ1n) is 8.32. The Morgan fingerprint density at radius 2 is 1.82 bits per heavy atom. The van der Waals surface area contributed by atoms with Crippen molar-refractivity contribution in [1.82, 2.24) is 0 Å². The molecule has 2 unspecified atom stereocenters. The van der Waals surface area contributed by atoms with Crippen LogP contribution < -0.4 is 0 Å². The SMILES string of the molecule is CC1(C)C2CCC1(C(=Cc1ccccc1)[N+](C)(C)C)C(=O)C2. The molecule has 0 spiro atoms. The van der Waals surface area contributed by atoms with Crippen LogP contribution in [0.25, 0.3) is 6.08 Å². The van der Waals surface area contributed by atoms with Crippen molar-refractivity contribution in [3.63, 3.8) is 0 Å². The lowest BCUT2D eigenvalue weighted by atomic mass is 9.65. The van der Waals surface area contributed by atoms with Crippen LogP contribution in [0.3, 0.4) is 0 Å². The highest BCUT2D eigenvalue weighted by Crippen LogP contribution is 2.67. The summed E-state index contributed by atoms with van der Waals surface area (Å²) in [6.07, 6.45) is 5.23. The molecule has 22 heavy (non-hydrogen) atoms. The third-order valence-corrected chi connectivity index (χ3v) is 6.16. The molecule has 0 heterocycles. The molecular formula is C20H28NO+. The first kappa shape index (κ1) is 15.5. The van der Waals surface area contributed by atoms with E-state index >= 15 is 0 Å². The second kappa shape index (κ2) is 4.79. The fourth-order valence-corrected chi connectivity index (χ4v) is 4.87. The van der Waals surface area contributed by atoms with Gasteiger partial charge in [-0.15, -0.1) is 0 Å². The van der Waals surface area contributed by atoms with Crippen molar-refractivity contribution < 1.29 is 9.28 Å². The summed E-state index contributed by atoms with van der Waals surface area (Å²) in [6, 6.07) is 10.4. The highest BCUT2D eigenvalue weighted by Gasteiger charge is 2.68. The van der Waals surface area contributed by atoms with E-state index < -0.39 is 0 Å². The standard InChI is InChI=1S/C20H28NO/c1-19(2)16-11-12-20(19,18(22)14-16)17(21(3,4)5)13-15-9-7-6-8-10-15/h6-10,13,16H,11-12,14H2,1-5H3/q+1. The van der Waals surface area contributed by atoms with Crippen molar-refractivity contribution >= 4 is 11.9 Å². The Morgan fingerprint density at radius 3 is 2.27 bits per heavy atom. The molecule has 1 aromatic carbocycles. The first-order valence-corrected chi connectivity index (χ1v) is 8.32.